The molecule has 0 bridgehead atoms. The molecule has 124 valence electrons. The van der Waals surface area contributed by atoms with Gasteiger partial charge in [0.15, 0.2) is 0 Å². The van der Waals surface area contributed by atoms with Crippen molar-refractivity contribution in [2.45, 2.75) is 65.3 Å². The second-order valence-electron chi connectivity index (χ2n) is 6.26. The monoisotopic (exact) mass is 332 g/mol. The first-order valence-corrected chi connectivity index (χ1v) is 9.24. The summed E-state index contributed by atoms with van der Waals surface area (Å²) in [6, 6.07) is 2.54. The largest absolute Gasteiger partial charge is 0.345 e. The first-order chi connectivity index (χ1) is 11.1. The molecule has 2 aromatic heterocycles. The fraction of sp³-hybridized carbons (Fsp3) is 0.588. The molecule has 0 saturated heterocycles. The summed E-state index contributed by atoms with van der Waals surface area (Å²) in [7, 11) is 0. The standard InChI is InChI=1S/C17H24N4OS/c1-4-15-19-20-17(23-15)18-16(22)14-10-11(2)21(12(14)3)13-8-6-5-7-9-13/h10,13H,4-9H2,1-3H3,(H,18,20,22). The van der Waals surface area contributed by atoms with E-state index < -0.39 is 0 Å². The van der Waals surface area contributed by atoms with Crippen LogP contribution in [0.2, 0.25) is 0 Å². The Bertz CT molecular complexity index is 698. The van der Waals surface area contributed by atoms with E-state index in [1.165, 1.54) is 49.1 Å². The van der Waals surface area contributed by atoms with E-state index in [0.29, 0.717) is 11.2 Å². The van der Waals surface area contributed by atoms with E-state index in [0.717, 1.165) is 22.7 Å². The minimum absolute atomic E-state index is 0.0843. The smallest absolute Gasteiger partial charge is 0.259 e. The number of anilines is 1. The van der Waals surface area contributed by atoms with Crippen molar-refractivity contribution >= 4 is 22.4 Å². The zero-order valence-electron chi connectivity index (χ0n) is 14.1. The molecule has 0 aliphatic heterocycles. The maximum atomic E-state index is 12.6. The molecule has 3 rings (SSSR count). The highest BCUT2D eigenvalue weighted by Crippen LogP contribution is 2.32. The van der Waals surface area contributed by atoms with E-state index in [1.807, 2.05) is 19.9 Å². The van der Waals surface area contributed by atoms with E-state index in [9.17, 15) is 4.79 Å². The van der Waals surface area contributed by atoms with Crippen LogP contribution in [-0.2, 0) is 6.42 Å². The molecule has 23 heavy (non-hydrogen) atoms. The lowest BCUT2D eigenvalue weighted by atomic mass is 9.95. The molecule has 0 unspecified atom stereocenters. The van der Waals surface area contributed by atoms with E-state index in [4.69, 9.17) is 0 Å². The van der Waals surface area contributed by atoms with Crippen LogP contribution in [0.4, 0.5) is 5.13 Å². The molecule has 2 heterocycles. The number of carbonyl (C=O) groups is 1. The minimum Gasteiger partial charge on any atom is -0.345 e. The lowest BCUT2D eigenvalue weighted by Crippen LogP contribution is -2.17. The van der Waals surface area contributed by atoms with Gasteiger partial charge in [0.05, 0.1) is 5.56 Å². The topological polar surface area (TPSA) is 59.8 Å². The molecule has 1 amide bonds. The molecular formula is C17H24N4OS. The van der Waals surface area contributed by atoms with Gasteiger partial charge in [0.1, 0.15) is 5.01 Å². The Hall–Kier alpha value is -1.69. The summed E-state index contributed by atoms with van der Waals surface area (Å²) in [5.41, 5.74) is 2.99. The van der Waals surface area contributed by atoms with Crippen LogP contribution in [-0.4, -0.2) is 20.7 Å². The summed E-state index contributed by atoms with van der Waals surface area (Å²) in [4.78, 5) is 12.6. The number of carbonyl (C=O) groups excluding carboxylic acids is 1. The Morgan fingerprint density at radius 2 is 2.04 bits per heavy atom. The Kier molecular flexibility index (Phi) is 4.80. The lowest BCUT2D eigenvalue weighted by molar-refractivity contribution is 0.102. The van der Waals surface area contributed by atoms with Crippen LogP contribution in [0.3, 0.4) is 0 Å². The number of aryl methyl sites for hydroxylation is 2. The fourth-order valence-corrected chi connectivity index (χ4v) is 4.19. The van der Waals surface area contributed by atoms with Crippen molar-refractivity contribution in [2.24, 2.45) is 0 Å². The van der Waals surface area contributed by atoms with Gasteiger partial charge < -0.3 is 4.57 Å². The van der Waals surface area contributed by atoms with Crippen LogP contribution >= 0.6 is 11.3 Å². The van der Waals surface area contributed by atoms with Gasteiger partial charge >= 0.3 is 0 Å². The maximum absolute atomic E-state index is 12.6. The van der Waals surface area contributed by atoms with Crippen molar-refractivity contribution in [3.8, 4) is 0 Å². The Morgan fingerprint density at radius 1 is 1.30 bits per heavy atom. The number of nitrogens with one attached hydrogen (secondary N) is 1. The second kappa shape index (κ2) is 6.83. The summed E-state index contributed by atoms with van der Waals surface area (Å²) in [6.07, 6.45) is 7.17. The summed E-state index contributed by atoms with van der Waals surface area (Å²) in [6.45, 7) is 6.18. The predicted octanol–water partition coefficient (Wildman–Crippen LogP) is 4.28. The molecule has 6 heteroatoms. The van der Waals surface area contributed by atoms with Crippen LogP contribution < -0.4 is 5.32 Å². The molecule has 0 atom stereocenters. The van der Waals surface area contributed by atoms with Gasteiger partial charge in [-0.25, -0.2) is 0 Å². The number of nitrogens with zero attached hydrogens (tertiary/aromatic N) is 3. The number of amides is 1. The van der Waals surface area contributed by atoms with Gasteiger partial charge in [-0.1, -0.05) is 37.5 Å². The quantitative estimate of drug-likeness (QED) is 0.909. The van der Waals surface area contributed by atoms with Crippen LogP contribution in [0.1, 0.15) is 71.8 Å². The van der Waals surface area contributed by atoms with Crippen molar-refractivity contribution in [1.82, 2.24) is 14.8 Å². The van der Waals surface area contributed by atoms with Crippen molar-refractivity contribution in [3.05, 3.63) is 28.0 Å². The van der Waals surface area contributed by atoms with Gasteiger partial charge in [-0.15, -0.1) is 10.2 Å². The van der Waals surface area contributed by atoms with Crippen molar-refractivity contribution in [3.63, 3.8) is 0 Å². The zero-order valence-corrected chi connectivity index (χ0v) is 14.9. The molecule has 1 saturated carbocycles. The third kappa shape index (κ3) is 3.32. The van der Waals surface area contributed by atoms with Crippen LogP contribution in [0.5, 0.6) is 0 Å². The van der Waals surface area contributed by atoms with E-state index >= 15 is 0 Å². The number of aromatic nitrogens is 3. The highest BCUT2D eigenvalue weighted by molar-refractivity contribution is 7.15. The van der Waals surface area contributed by atoms with Gasteiger partial charge in [0.25, 0.3) is 5.91 Å². The number of rotatable bonds is 4. The summed E-state index contributed by atoms with van der Waals surface area (Å²) < 4.78 is 2.35. The average Bonchev–Trinajstić information content (AvgIpc) is 3.12. The number of hydrogen-bond acceptors (Lipinski definition) is 4. The molecule has 1 fully saturated rings. The Balaban J connectivity index is 1.80. The van der Waals surface area contributed by atoms with Crippen LogP contribution in [0.25, 0.3) is 0 Å². The van der Waals surface area contributed by atoms with E-state index in [2.05, 4.69) is 27.0 Å². The zero-order chi connectivity index (χ0) is 16.4. The molecule has 1 N–H and O–H groups in total. The third-order valence-corrected chi connectivity index (χ3v) is 5.64. The molecule has 1 aliphatic carbocycles. The summed E-state index contributed by atoms with van der Waals surface area (Å²) in [5, 5.41) is 12.5. The van der Waals surface area contributed by atoms with Crippen molar-refractivity contribution in [2.75, 3.05) is 5.32 Å². The Morgan fingerprint density at radius 3 is 2.70 bits per heavy atom. The summed E-state index contributed by atoms with van der Waals surface area (Å²) >= 11 is 1.44. The molecule has 1 aliphatic rings. The highest BCUT2D eigenvalue weighted by atomic mass is 32.1. The van der Waals surface area contributed by atoms with Crippen molar-refractivity contribution in [1.29, 1.82) is 0 Å². The first-order valence-electron chi connectivity index (χ1n) is 8.42. The van der Waals surface area contributed by atoms with Crippen molar-refractivity contribution < 1.29 is 4.79 Å². The van der Waals surface area contributed by atoms with Crippen LogP contribution in [0.15, 0.2) is 6.07 Å². The predicted molar refractivity (Wildman–Crippen MR) is 93.3 cm³/mol. The van der Waals surface area contributed by atoms with Gasteiger partial charge in [0.2, 0.25) is 5.13 Å². The maximum Gasteiger partial charge on any atom is 0.259 e. The van der Waals surface area contributed by atoms with Gasteiger partial charge in [-0.2, -0.15) is 0 Å². The third-order valence-electron chi connectivity index (χ3n) is 4.66. The average molecular weight is 332 g/mol. The fourth-order valence-electron chi connectivity index (χ4n) is 3.52. The molecule has 0 aromatic carbocycles. The lowest BCUT2D eigenvalue weighted by Gasteiger charge is -2.26. The minimum atomic E-state index is -0.0843. The molecule has 2 aromatic rings. The normalized spacial score (nSPS) is 15.8. The first kappa shape index (κ1) is 16.2. The summed E-state index contributed by atoms with van der Waals surface area (Å²) in [5.74, 6) is -0.0843. The molecule has 0 radical (unpaired) electrons. The number of hydrogen-bond donors (Lipinski definition) is 1. The van der Waals surface area contributed by atoms with Gasteiger partial charge in [-0.05, 0) is 39.2 Å². The second-order valence-corrected chi connectivity index (χ2v) is 7.32. The highest BCUT2D eigenvalue weighted by Gasteiger charge is 2.23. The van der Waals surface area contributed by atoms with E-state index in [-0.39, 0.29) is 5.91 Å². The van der Waals surface area contributed by atoms with Gasteiger partial charge in [-0.3, -0.25) is 10.1 Å². The molecule has 5 nitrogen and oxygen atoms in total. The SMILES string of the molecule is CCc1nnc(NC(=O)c2cc(C)n(C3CCCCC3)c2C)s1. The van der Waals surface area contributed by atoms with E-state index in [1.54, 1.807) is 0 Å². The molecular weight excluding hydrogens is 308 g/mol. The van der Waals surface area contributed by atoms with Crippen LogP contribution in [0, 0.1) is 13.8 Å². The molecule has 0 spiro atoms. The Labute approximate surface area is 141 Å². The van der Waals surface area contributed by atoms with Gasteiger partial charge in [0, 0.05) is 17.4 Å².